The molecule has 0 aromatic heterocycles. The molecular weight excluding hydrogens is 371 g/mol. The minimum Gasteiger partial charge on any atom is -0.492 e. The van der Waals surface area contributed by atoms with Gasteiger partial charge in [0, 0.05) is 11.4 Å². The zero-order valence-electron chi connectivity index (χ0n) is 14.8. The highest BCUT2D eigenvalue weighted by Crippen LogP contribution is 2.27. The minimum absolute atomic E-state index is 0.161. The van der Waals surface area contributed by atoms with Gasteiger partial charge in [0.1, 0.15) is 5.75 Å². The van der Waals surface area contributed by atoms with E-state index in [2.05, 4.69) is 36.5 Å². The number of ether oxygens (including phenoxy) is 1. The molecule has 2 aromatic carbocycles. The molecule has 2 rings (SSSR count). The molecule has 4 nitrogen and oxygen atoms in total. The van der Waals surface area contributed by atoms with Crippen molar-refractivity contribution in [3.8, 4) is 5.75 Å². The van der Waals surface area contributed by atoms with Gasteiger partial charge in [-0.1, -0.05) is 61.3 Å². The lowest BCUT2D eigenvalue weighted by atomic mass is 10.0. The second-order valence-electron chi connectivity index (χ2n) is 6.14. The van der Waals surface area contributed by atoms with Gasteiger partial charge in [-0.25, -0.2) is 5.43 Å². The number of amides is 1. The summed E-state index contributed by atoms with van der Waals surface area (Å²) in [4.78, 5) is 11.8. The van der Waals surface area contributed by atoms with E-state index in [9.17, 15) is 4.79 Å². The van der Waals surface area contributed by atoms with Crippen molar-refractivity contribution in [1.82, 2.24) is 5.43 Å². The van der Waals surface area contributed by atoms with E-state index < -0.39 is 0 Å². The number of hydrazone groups is 1. The van der Waals surface area contributed by atoms with Crippen LogP contribution >= 0.6 is 23.2 Å². The Morgan fingerprint density at radius 2 is 1.92 bits per heavy atom. The molecule has 0 saturated heterocycles. The van der Waals surface area contributed by atoms with Crippen molar-refractivity contribution >= 4 is 35.3 Å². The second-order valence-corrected chi connectivity index (χ2v) is 6.98. The molecule has 0 fully saturated rings. The third-order valence-electron chi connectivity index (χ3n) is 3.71. The first-order valence-electron chi connectivity index (χ1n) is 8.45. The van der Waals surface area contributed by atoms with Crippen molar-refractivity contribution in [2.75, 3.05) is 6.61 Å². The van der Waals surface area contributed by atoms with E-state index in [4.69, 9.17) is 27.9 Å². The largest absolute Gasteiger partial charge is 0.492 e. The summed E-state index contributed by atoms with van der Waals surface area (Å²) < 4.78 is 5.54. The molecule has 0 aliphatic heterocycles. The molecule has 0 atom stereocenters. The van der Waals surface area contributed by atoms with E-state index in [1.807, 2.05) is 12.1 Å². The van der Waals surface area contributed by atoms with Gasteiger partial charge < -0.3 is 4.74 Å². The summed E-state index contributed by atoms with van der Waals surface area (Å²) in [7, 11) is 0. The number of hydrogen-bond donors (Lipinski definition) is 1. The fraction of sp³-hybridized carbons (Fsp3) is 0.300. The zero-order valence-corrected chi connectivity index (χ0v) is 16.3. The fourth-order valence-corrected chi connectivity index (χ4v) is 2.67. The normalized spacial score (nSPS) is 11.1. The molecule has 0 radical (unpaired) electrons. The van der Waals surface area contributed by atoms with Crippen LogP contribution in [0.25, 0.3) is 0 Å². The number of carbonyl (C=O) groups excluding carboxylic acids is 1. The molecule has 2 aromatic rings. The monoisotopic (exact) mass is 392 g/mol. The van der Waals surface area contributed by atoms with Crippen molar-refractivity contribution in [2.45, 2.75) is 32.6 Å². The summed E-state index contributed by atoms with van der Waals surface area (Å²) in [5.41, 5.74) is 4.73. The molecule has 0 aliphatic carbocycles. The topological polar surface area (TPSA) is 50.7 Å². The number of nitrogens with one attached hydrogen (secondary N) is 1. The SMILES string of the molecule is CC(C)c1ccc(/C=N\NC(=O)CCCOc2ccc(Cl)cc2Cl)cc1. The summed E-state index contributed by atoms with van der Waals surface area (Å²) in [5, 5.41) is 4.98. The van der Waals surface area contributed by atoms with Crippen LogP contribution in [0.5, 0.6) is 5.75 Å². The van der Waals surface area contributed by atoms with Crippen molar-refractivity contribution in [3.63, 3.8) is 0 Å². The van der Waals surface area contributed by atoms with Gasteiger partial charge in [-0.15, -0.1) is 0 Å². The van der Waals surface area contributed by atoms with Crippen LogP contribution in [0, 0.1) is 0 Å². The maximum atomic E-state index is 11.8. The van der Waals surface area contributed by atoms with Crippen LogP contribution < -0.4 is 10.2 Å². The highest BCUT2D eigenvalue weighted by Gasteiger charge is 2.04. The summed E-state index contributed by atoms with van der Waals surface area (Å²) in [6.07, 6.45) is 2.50. The lowest BCUT2D eigenvalue weighted by Crippen LogP contribution is -2.18. The standard InChI is InChI=1S/C20H22Cl2N2O2/c1-14(2)16-7-5-15(6-8-16)13-23-24-20(25)4-3-11-26-19-10-9-17(21)12-18(19)22/h5-10,12-14H,3-4,11H2,1-2H3,(H,24,25)/b23-13-. The molecule has 138 valence electrons. The van der Waals surface area contributed by atoms with Crippen molar-refractivity contribution < 1.29 is 9.53 Å². The van der Waals surface area contributed by atoms with E-state index >= 15 is 0 Å². The Labute approximate surface area is 164 Å². The minimum atomic E-state index is -0.161. The molecule has 0 spiro atoms. The quantitative estimate of drug-likeness (QED) is 0.370. The van der Waals surface area contributed by atoms with E-state index in [1.165, 1.54) is 5.56 Å². The van der Waals surface area contributed by atoms with Crippen LogP contribution in [-0.2, 0) is 4.79 Å². The molecule has 0 aliphatic rings. The van der Waals surface area contributed by atoms with E-state index in [0.29, 0.717) is 41.2 Å². The Kier molecular flexibility index (Phi) is 7.95. The maximum Gasteiger partial charge on any atom is 0.240 e. The average Bonchev–Trinajstić information content (AvgIpc) is 2.60. The van der Waals surface area contributed by atoms with Crippen molar-refractivity contribution in [2.24, 2.45) is 5.10 Å². The van der Waals surface area contributed by atoms with Crippen LogP contribution in [0.4, 0.5) is 0 Å². The predicted molar refractivity (Wildman–Crippen MR) is 107 cm³/mol. The van der Waals surface area contributed by atoms with Crippen LogP contribution in [0.2, 0.25) is 10.0 Å². The van der Waals surface area contributed by atoms with Crippen molar-refractivity contribution in [1.29, 1.82) is 0 Å². The second kappa shape index (κ2) is 10.2. The predicted octanol–water partition coefficient (Wildman–Crippen LogP) is 5.43. The Bertz CT molecular complexity index is 759. The first kappa shape index (κ1) is 20.3. The summed E-state index contributed by atoms with van der Waals surface area (Å²) in [6, 6.07) is 13.1. The van der Waals surface area contributed by atoms with Crippen molar-refractivity contribution in [3.05, 3.63) is 63.6 Å². The van der Waals surface area contributed by atoms with Crippen LogP contribution in [-0.4, -0.2) is 18.7 Å². The Balaban J connectivity index is 1.68. The molecule has 26 heavy (non-hydrogen) atoms. The molecular formula is C20H22Cl2N2O2. The Hall–Kier alpha value is -2.04. The molecule has 0 unspecified atom stereocenters. The first-order chi connectivity index (χ1) is 12.5. The lowest BCUT2D eigenvalue weighted by Gasteiger charge is -2.07. The van der Waals surface area contributed by atoms with Gasteiger partial charge in [0.05, 0.1) is 17.8 Å². The number of rotatable bonds is 8. The number of nitrogens with zero attached hydrogens (tertiary/aromatic N) is 1. The Morgan fingerprint density at radius 1 is 1.19 bits per heavy atom. The molecule has 0 saturated carbocycles. The lowest BCUT2D eigenvalue weighted by molar-refractivity contribution is -0.121. The van der Waals surface area contributed by atoms with Crippen LogP contribution in [0.15, 0.2) is 47.6 Å². The van der Waals surface area contributed by atoms with Crippen LogP contribution in [0.3, 0.4) is 0 Å². The molecule has 0 bridgehead atoms. The summed E-state index contributed by atoms with van der Waals surface area (Å²) in [6.45, 7) is 4.68. The van der Waals surface area contributed by atoms with Gasteiger partial charge in [-0.2, -0.15) is 5.10 Å². The third kappa shape index (κ3) is 6.70. The van der Waals surface area contributed by atoms with Gasteiger partial charge in [0.2, 0.25) is 5.91 Å². The first-order valence-corrected chi connectivity index (χ1v) is 9.21. The van der Waals surface area contributed by atoms with Gasteiger partial charge >= 0.3 is 0 Å². The molecule has 1 N–H and O–H groups in total. The number of carbonyl (C=O) groups is 1. The van der Waals surface area contributed by atoms with Gasteiger partial charge in [-0.05, 0) is 41.7 Å². The molecule has 0 heterocycles. The Morgan fingerprint density at radius 3 is 2.58 bits per heavy atom. The van der Waals surface area contributed by atoms with Gasteiger partial charge in [0.15, 0.2) is 0 Å². The van der Waals surface area contributed by atoms with E-state index in [-0.39, 0.29) is 5.91 Å². The van der Waals surface area contributed by atoms with Gasteiger partial charge in [0.25, 0.3) is 0 Å². The number of halogens is 2. The summed E-state index contributed by atoms with van der Waals surface area (Å²) in [5.74, 6) is 0.885. The average molecular weight is 393 g/mol. The summed E-state index contributed by atoms with van der Waals surface area (Å²) >= 11 is 11.8. The maximum absolute atomic E-state index is 11.8. The third-order valence-corrected chi connectivity index (χ3v) is 4.24. The molecule has 6 heteroatoms. The molecule has 1 amide bonds. The zero-order chi connectivity index (χ0) is 18.9. The van der Waals surface area contributed by atoms with E-state index in [0.717, 1.165) is 5.56 Å². The highest BCUT2D eigenvalue weighted by atomic mass is 35.5. The van der Waals surface area contributed by atoms with Crippen LogP contribution in [0.1, 0.15) is 43.7 Å². The number of benzene rings is 2. The fourth-order valence-electron chi connectivity index (χ4n) is 2.21. The smallest absolute Gasteiger partial charge is 0.240 e. The van der Waals surface area contributed by atoms with E-state index in [1.54, 1.807) is 24.4 Å². The number of hydrogen-bond acceptors (Lipinski definition) is 3. The van der Waals surface area contributed by atoms with Gasteiger partial charge in [-0.3, -0.25) is 4.79 Å². The highest BCUT2D eigenvalue weighted by molar-refractivity contribution is 6.35.